The number of halogens is 3. The van der Waals surface area contributed by atoms with Crippen LogP contribution in [-0.4, -0.2) is 38.3 Å². The van der Waals surface area contributed by atoms with Crippen LogP contribution in [0, 0.1) is 11.7 Å². The van der Waals surface area contributed by atoms with E-state index in [1.54, 1.807) is 6.07 Å². The first-order chi connectivity index (χ1) is 13.8. The Balaban J connectivity index is 1.62. The van der Waals surface area contributed by atoms with Crippen molar-refractivity contribution < 1.29 is 31.1 Å². The number of piperidine rings is 1. The van der Waals surface area contributed by atoms with Gasteiger partial charge in [-0.25, -0.2) is 12.8 Å². The van der Waals surface area contributed by atoms with Crippen molar-refractivity contribution in [3.63, 3.8) is 0 Å². The number of amides is 1. The average molecular weight is 428 g/mol. The van der Waals surface area contributed by atoms with Gasteiger partial charge in [0.05, 0.1) is 10.6 Å². The highest BCUT2D eigenvalue weighted by atomic mass is 32.2. The Morgan fingerprint density at radius 3 is 2.31 bits per heavy atom. The molecule has 0 bridgehead atoms. The maximum atomic E-state index is 13.0. The van der Waals surface area contributed by atoms with E-state index in [0.717, 1.165) is 12.1 Å². The molecule has 0 atom stereocenters. The van der Waals surface area contributed by atoms with Crippen molar-refractivity contribution >= 4 is 21.6 Å². The van der Waals surface area contributed by atoms with E-state index in [4.69, 9.17) is 0 Å². The quantitative estimate of drug-likeness (QED) is 0.765. The molecule has 1 amide bonds. The molecular formula is C19H19F3N2O4S. The van der Waals surface area contributed by atoms with Gasteiger partial charge < -0.3 is 10.1 Å². The Kier molecular flexibility index (Phi) is 6.43. The number of benzene rings is 2. The molecule has 1 heterocycles. The molecule has 1 aliphatic rings. The molecule has 1 N–H and O–H groups in total. The molecule has 0 aliphatic carbocycles. The number of ether oxygens (including phenoxy) is 1. The maximum Gasteiger partial charge on any atom is 0.387 e. The zero-order chi connectivity index (χ0) is 21.0. The number of sulfonamides is 1. The highest BCUT2D eigenvalue weighted by Crippen LogP contribution is 2.28. The standard InChI is InChI=1S/C19H19F3N2O4S/c20-14-5-7-15(8-6-14)29(26,27)24-11-9-13(10-12-24)18(25)23-16-3-1-2-4-17(16)28-19(21)22/h1-8,13,19H,9-12H2,(H,23,25). The summed E-state index contributed by atoms with van der Waals surface area (Å²) in [6.45, 7) is -2.78. The van der Waals surface area contributed by atoms with Crippen molar-refractivity contribution in [1.29, 1.82) is 0 Å². The predicted octanol–water partition coefficient (Wildman–Crippen LogP) is 3.47. The van der Waals surface area contributed by atoms with Gasteiger partial charge in [0.25, 0.3) is 0 Å². The summed E-state index contributed by atoms with van der Waals surface area (Å²) < 4.78 is 68.9. The van der Waals surface area contributed by atoms with Crippen molar-refractivity contribution in [2.45, 2.75) is 24.3 Å². The van der Waals surface area contributed by atoms with Crippen LogP contribution in [0.4, 0.5) is 18.9 Å². The number of nitrogens with zero attached hydrogens (tertiary/aromatic N) is 1. The molecule has 6 nitrogen and oxygen atoms in total. The topological polar surface area (TPSA) is 75.7 Å². The van der Waals surface area contributed by atoms with Crippen LogP contribution in [0.25, 0.3) is 0 Å². The maximum absolute atomic E-state index is 13.0. The summed E-state index contributed by atoms with van der Waals surface area (Å²) in [5, 5.41) is 2.57. The second-order valence-electron chi connectivity index (χ2n) is 6.50. The Labute approximate surface area is 166 Å². The monoisotopic (exact) mass is 428 g/mol. The van der Waals surface area contributed by atoms with E-state index in [1.807, 2.05) is 0 Å². The summed E-state index contributed by atoms with van der Waals surface area (Å²) in [7, 11) is -3.78. The molecule has 1 fully saturated rings. The van der Waals surface area contributed by atoms with Crippen molar-refractivity contribution in [2.75, 3.05) is 18.4 Å². The largest absolute Gasteiger partial charge is 0.433 e. The van der Waals surface area contributed by atoms with Gasteiger partial charge in [-0.3, -0.25) is 4.79 Å². The summed E-state index contributed by atoms with van der Waals surface area (Å²) in [4.78, 5) is 12.5. The summed E-state index contributed by atoms with van der Waals surface area (Å²) in [6.07, 6.45) is 0.536. The molecule has 0 aromatic heterocycles. The molecule has 1 saturated heterocycles. The predicted molar refractivity (Wildman–Crippen MR) is 99.6 cm³/mol. The first kappa shape index (κ1) is 21.1. The van der Waals surface area contributed by atoms with Crippen molar-refractivity contribution in [2.24, 2.45) is 5.92 Å². The number of nitrogens with one attached hydrogen (secondary N) is 1. The van der Waals surface area contributed by atoms with E-state index in [-0.39, 0.29) is 42.3 Å². The second-order valence-corrected chi connectivity index (χ2v) is 8.43. The van der Waals surface area contributed by atoms with Gasteiger partial charge in [-0.1, -0.05) is 12.1 Å². The lowest BCUT2D eigenvalue weighted by Gasteiger charge is -2.30. The molecule has 0 unspecified atom stereocenters. The highest BCUT2D eigenvalue weighted by Gasteiger charge is 2.32. The number of carbonyl (C=O) groups is 1. The fraction of sp³-hybridized carbons (Fsp3) is 0.316. The minimum absolute atomic E-state index is 0.0140. The van der Waals surface area contributed by atoms with Gasteiger partial charge in [0, 0.05) is 19.0 Å². The lowest BCUT2D eigenvalue weighted by atomic mass is 9.97. The van der Waals surface area contributed by atoms with Gasteiger partial charge in [-0.2, -0.15) is 13.1 Å². The fourth-order valence-corrected chi connectivity index (χ4v) is 4.59. The van der Waals surface area contributed by atoms with E-state index < -0.39 is 34.3 Å². The third-order valence-corrected chi connectivity index (χ3v) is 6.55. The number of alkyl halides is 2. The smallest absolute Gasteiger partial charge is 0.387 e. The molecule has 156 valence electrons. The Morgan fingerprint density at radius 1 is 1.07 bits per heavy atom. The number of carbonyl (C=O) groups excluding carboxylic acids is 1. The molecular weight excluding hydrogens is 409 g/mol. The average Bonchev–Trinajstić information content (AvgIpc) is 2.69. The fourth-order valence-electron chi connectivity index (χ4n) is 3.12. The molecule has 1 aliphatic heterocycles. The Bertz CT molecular complexity index is 960. The van der Waals surface area contributed by atoms with E-state index >= 15 is 0 Å². The minimum Gasteiger partial charge on any atom is -0.433 e. The van der Waals surface area contributed by atoms with Gasteiger partial charge in [0.15, 0.2) is 0 Å². The third kappa shape index (κ3) is 5.07. The summed E-state index contributed by atoms with van der Waals surface area (Å²) in [5.41, 5.74) is 0.124. The number of anilines is 1. The van der Waals surface area contributed by atoms with Crippen LogP contribution in [-0.2, 0) is 14.8 Å². The van der Waals surface area contributed by atoms with Gasteiger partial charge in [-0.15, -0.1) is 0 Å². The van der Waals surface area contributed by atoms with E-state index in [2.05, 4.69) is 10.1 Å². The molecule has 0 saturated carbocycles. The van der Waals surface area contributed by atoms with Crippen LogP contribution >= 0.6 is 0 Å². The second kappa shape index (κ2) is 8.83. The number of hydrogen-bond donors (Lipinski definition) is 1. The molecule has 2 aromatic rings. The minimum atomic E-state index is -3.78. The normalized spacial score (nSPS) is 16.0. The Hall–Kier alpha value is -2.59. The Morgan fingerprint density at radius 2 is 1.69 bits per heavy atom. The molecule has 29 heavy (non-hydrogen) atoms. The molecule has 2 aromatic carbocycles. The first-order valence-electron chi connectivity index (χ1n) is 8.88. The van der Waals surface area contributed by atoms with E-state index in [1.165, 1.54) is 34.6 Å². The summed E-state index contributed by atoms with van der Waals surface area (Å²) in [5.74, 6) is -1.55. The lowest BCUT2D eigenvalue weighted by Crippen LogP contribution is -2.41. The molecule has 0 spiro atoms. The van der Waals surface area contributed by atoms with Crippen LogP contribution in [0.5, 0.6) is 5.75 Å². The lowest BCUT2D eigenvalue weighted by molar-refractivity contribution is -0.121. The van der Waals surface area contributed by atoms with Gasteiger partial charge >= 0.3 is 6.61 Å². The van der Waals surface area contributed by atoms with Crippen molar-refractivity contribution in [1.82, 2.24) is 4.31 Å². The SMILES string of the molecule is O=C(Nc1ccccc1OC(F)F)C1CCN(S(=O)(=O)c2ccc(F)cc2)CC1. The van der Waals surface area contributed by atoms with E-state index in [9.17, 15) is 26.4 Å². The van der Waals surface area contributed by atoms with E-state index in [0.29, 0.717) is 0 Å². The van der Waals surface area contributed by atoms with Crippen LogP contribution < -0.4 is 10.1 Å². The van der Waals surface area contributed by atoms with Crippen molar-refractivity contribution in [3.05, 3.63) is 54.3 Å². The van der Waals surface area contributed by atoms with Gasteiger partial charge in [0.2, 0.25) is 15.9 Å². The zero-order valence-electron chi connectivity index (χ0n) is 15.2. The number of hydrogen-bond acceptors (Lipinski definition) is 4. The molecule has 0 radical (unpaired) electrons. The van der Waals surface area contributed by atoms with Gasteiger partial charge in [0.1, 0.15) is 11.6 Å². The van der Waals surface area contributed by atoms with Crippen LogP contribution in [0.3, 0.4) is 0 Å². The highest BCUT2D eigenvalue weighted by molar-refractivity contribution is 7.89. The van der Waals surface area contributed by atoms with Crippen LogP contribution in [0.2, 0.25) is 0 Å². The molecule has 3 rings (SSSR count). The van der Waals surface area contributed by atoms with Crippen LogP contribution in [0.15, 0.2) is 53.4 Å². The van der Waals surface area contributed by atoms with Crippen LogP contribution in [0.1, 0.15) is 12.8 Å². The van der Waals surface area contributed by atoms with Gasteiger partial charge in [-0.05, 0) is 49.2 Å². The van der Waals surface area contributed by atoms with Crippen molar-refractivity contribution in [3.8, 4) is 5.75 Å². The summed E-state index contributed by atoms with van der Waals surface area (Å²) in [6, 6.07) is 10.4. The third-order valence-electron chi connectivity index (χ3n) is 4.64. The summed E-state index contributed by atoms with van der Waals surface area (Å²) >= 11 is 0. The zero-order valence-corrected chi connectivity index (χ0v) is 16.0. The number of para-hydroxylation sites is 2. The number of rotatable bonds is 6. The first-order valence-corrected chi connectivity index (χ1v) is 10.3. The molecule has 10 heteroatoms.